The summed E-state index contributed by atoms with van der Waals surface area (Å²) >= 11 is 5.91. The van der Waals surface area contributed by atoms with Gasteiger partial charge in [-0.05, 0) is 43.3 Å². The standard InChI is InChI=1S/C21H20ClN3O3/c1-14-23-20(28-24-14)18-4-2-3-5-19(18)21(26)25-12-10-17(11-13-25)27-16-8-6-15(22)7-9-16/h2-9,17H,10-13H2,1H3. The summed E-state index contributed by atoms with van der Waals surface area (Å²) in [7, 11) is 0. The Balaban J connectivity index is 1.43. The number of aryl methyl sites for hydroxylation is 1. The van der Waals surface area contributed by atoms with Crippen molar-refractivity contribution in [3.63, 3.8) is 0 Å². The Morgan fingerprint density at radius 2 is 1.86 bits per heavy atom. The van der Waals surface area contributed by atoms with E-state index in [4.69, 9.17) is 20.9 Å². The third-order valence-corrected chi connectivity index (χ3v) is 5.01. The summed E-state index contributed by atoms with van der Waals surface area (Å²) in [4.78, 5) is 19.2. The molecule has 1 aliphatic rings. The van der Waals surface area contributed by atoms with Crippen molar-refractivity contribution in [3.05, 3.63) is 64.9 Å². The molecule has 7 heteroatoms. The van der Waals surface area contributed by atoms with Gasteiger partial charge in [0.25, 0.3) is 11.8 Å². The van der Waals surface area contributed by atoms with Crippen LogP contribution in [0.25, 0.3) is 11.5 Å². The normalized spacial score (nSPS) is 14.9. The second-order valence-electron chi connectivity index (χ2n) is 6.76. The number of hydrogen-bond donors (Lipinski definition) is 0. The number of ether oxygens (including phenoxy) is 1. The maximum Gasteiger partial charge on any atom is 0.258 e. The van der Waals surface area contributed by atoms with Gasteiger partial charge in [0, 0.05) is 31.0 Å². The van der Waals surface area contributed by atoms with Gasteiger partial charge in [-0.3, -0.25) is 4.79 Å². The minimum atomic E-state index is -0.0311. The van der Waals surface area contributed by atoms with Crippen molar-refractivity contribution < 1.29 is 14.1 Å². The van der Waals surface area contributed by atoms with Crippen molar-refractivity contribution in [2.24, 2.45) is 0 Å². The maximum absolute atomic E-state index is 13.1. The van der Waals surface area contributed by atoms with Crippen LogP contribution in [0.5, 0.6) is 5.75 Å². The number of benzene rings is 2. The molecular formula is C21H20ClN3O3. The first-order valence-corrected chi connectivity index (χ1v) is 9.59. The second-order valence-corrected chi connectivity index (χ2v) is 7.19. The van der Waals surface area contributed by atoms with Crippen molar-refractivity contribution in [2.45, 2.75) is 25.9 Å². The molecule has 0 bridgehead atoms. The molecular weight excluding hydrogens is 378 g/mol. The molecule has 1 amide bonds. The van der Waals surface area contributed by atoms with Crippen molar-refractivity contribution in [1.29, 1.82) is 0 Å². The van der Waals surface area contributed by atoms with Crippen LogP contribution in [0.4, 0.5) is 0 Å². The van der Waals surface area contributed by atoms with Crippen LogP contribution in [0, 0.1) is 6.92 Å². The summed E-state index contributed by atoms with van der Waals surface area (Å²) < 4.78 is 11.3. The van der Waals surface area contributed by atoms with E-state index in [0.717, 1.165) is 18.6 Å². The van der Waals surface area contributed by atoms with Crippen LogP contribution >= 0.6 is 11.6 Å². The highest BCUT2D eigenvalue weighted by atomic mass is 35.5. The summed E-state index contributed by atoms with van der Waals surface area (Å²) in [6.07, 6.45) is 1.63. The molecule has 1 fully saturated rings. The molecule has 0 spiro atoms. The monoisotopic (exact) mass is 397 g/mol. The van der Waals surface area contributed by atoms with Gasteiger partial charge in [-0.1, -0.05) is 28.9 Å². The Bertz CT molecular complexity index is 963. The quantitative estimate of drug-likeness (QED) is 0.653. The molecule has 0 N–H and O–H groups in total. The van der Waals surface area contributed by atoms with E-state index in [0.29, 0.717) is 41.0 Å². The molecule has 0 aliphatic carbocycles. The van der Waals surface area contributed by atoms with Gasteiger partial charge in [0.05, 0.1) is 11.1 Å². The van der Waals surface area contributed by atoms with Gasteiger partial charge in [0.2, 0.25) is 0 Å². The Morgan fingerprint density at radius 1 is 1.14 bits per heavy atom. The lowest BCUT2D eigenvalue weighted by Gasteiger charge is -2.32. The number of amides is 1. The minimum Gasteiger partial charge on any atom is -0.490 e. The number of likely N-dealkylation sites (tertiary alicyclic amines) is 1. The van der Waals surface area contributed by atoms with Gasteiger partial charge in [-0.2, -0.15) is 4.98 Å². The smallest absolute Gasteiger partial charge is 0.258 e. The van der Waals surface area contributed by atoms with Crippen LogP contribution in [-0.4, -0.2) is 40.1 Å². The zero-order valence-electron chi connectivity index (χ0n) is 15.5. The molecule has 2 heterocycles. The van der Waals surface area contributed by atoms with Gasteiger partial charge < -0.3 is 14.2 Å². The number of aromatic nitrogens is 2. The van der Waals surface area contributed by atoms with Crippen molar-refractivity contribution in [1.82, 2.24) is 15.0 Å². The molecule has 0 atom stereocenters. The van der Waals surface area contributed by atoms with Crippen LogP contribution in [0.15, 0.2) is 53.1 Å². The Hall–Kier alpha value is -2.86. The molecule has 28 heavy (non-hydrogen) atoms. The topological polar surface area (TPSA) is 68.5 Å². The van der Waals surface area contributed by atoms with Crippen LogP contribution < -0.4 is 4.74 Å². The molecule has 0 saturated carbocycles. The first kappa shape index (κ1) is 18.5. The Labute approximate surface area is 168 Å². The van der Waals surface area contributed by atoms with E-state index in [1.54, 1.807) is 13.0 Å². The highest BCUT2D eigenvalue weighted by Gasteiger charge is 2.27. The average molecular weight is 398 g/mol. The molecule has 1 aromatic heterocycles. The van der Waals surface area contributed by atoms with Crippen LogP contribution in [0.3, 0.4) is 0 Å². The third kappa shape index (κ3) is 4.02. The summed E-state index contributed by atoms with van der Waals surface area (Å²) in [5.41, 5.74) is 1.23. The predicted octanol–water partition coefficient (Wildman–Crippen LogP) is 4.38. The van der Waals surface area contributed by atoms with E-state index in [9.17, 15) is 4.79 Å². The van der Waals surface area contributed by atoms with E-state index in [1.165, 1.54) is 0 Å². The van der Waals surface area contributed by atoms with Gasteiger partial charge in [0.1, 0.15) is 11.9 Å². The highest BCUT2D eigenvalue weighted by molar-refractivity contribution is 6.30. The number of hydrogen-bond acceptors (Lipinski definition) is 5. The minimum absolute atomic E-state index is 0.0311. The first-order valence-electron chi connectivity index (χ1n) is 9.21. The fraction of sp³-hybridized carbons (Fsp3) is 0.286. The SMILES string of the molecule is Cc1noc(-c2ccccc2C(=O)N2CCC(Oc3ccc(Cl)cc3)CC2)n1. The van der Waals surface area contributed by atoms with Gasteiger partial charge >= 0.3 is 0 Å². The van der Waals surface area contributed by atoms with Crippen LogP contribution in [0.2, 0.25) is 5.02 Å². The lowest BCUT2D eigenvalue weighted by molar-refractivity contribution is 0.0596. The molecule has 4 rings (SSSR count). The molecule has 0 radical (unpaired) electrons. The van der Waals surface area contributed by atoms with Gasteiger partial charge in [-0.25, -0.2) is 0 Å². The highest BCUT2D eigenvalue weighted by Crippen LogP contribution is 2.26. The van der Waals surface area contributed by atoms with Crippen molar-refractivity contribution >= 4 is 17.5 Å². The number of halogens is 1. The van der Waals surface area contributed by atoms with Gasteiger partial charge in [0.15, 0.2) is 5.82 Å². The average Bonchev–Trinajstić information content (AvgIpc) is 3.16. The van der Waals surface area contributed by atoms with E-state index >= 15 is 0 Å². The fourth-order valence-corrected chi connectivity index (χ4v) is 3.44. The van der Waals surface area contributed by atoms with Gasteiger partial charge in [-0.15, -0.1) is 0 Å². The number of nitrogens with zero attached hydrogens (tertiary/aromatic N) is 3. The molecule has 0 unspecified atom stereocenters. The number of rotatable bonds is 4. The number of carbonyl (C=O) groups excluding carboxylic acids is 1. The maximum atomic E-state index is 13.1. The van der Waals surface area contributed by atoms with E-state index in [2.05, 4.69) is 10.1 Å². The lowest BCUT2D eigenvalue weighted by Crippen LogP contribution is -2.42. The summed E-state index contributed by atoms with van der Waals surface area (Å²) in [6.45, 7) is 3.02. The van der Waals surface area contributed by atoms with E-state index in [-0.39, 0.29) is 12.0 Å². The largest absolute Gasteiger partial charge is 0.490 e. The number of carbonyl (C=O) groups is 1. The summed E-state index contributed by atoms with van der Waals surface area (Å²) in [6, 6.07) is 14.7. The lowest BCUT2D eigenvalue weighted by atomic mass is 10.0. The van der Waals surface area contributed by atoms with Crippen LogP contribution in [-0.2, 0) is 0 Å². The second kappa shape index (κ2) is 8.02. The predicted molar refractivity (Wildman–Crippen MR) is 105 cm³/mol. The Kier molecular flexibility index (Phi) is 5.30. The summed E-state index contributed by atoms with van der Waals surface area (Å²) in [5.74, 6) is 1.67. The fourth-order valence-electron chi connectivity index (χ4n) is 3.32. The Morgan fingerprint density at radius 3 is 2.54 bits per heavy atom. The zero-order chi connectivity index (χ0) is 19.5. The molecule has 1 saturated heterocycles. The zero-order valence-corrected chi connectivity index (χ0v) is 16.2. The molecule has 6 nitrogen and oxygen atoms in total. The third-order valence-electron chi connectivity index (χ3n) is 4.76. The first-order chi connectivity index (χ1) is 13.6. The molecule has 1 aliphatic heterocycles. The summed E-state index contributed by atoms with van der Waals surface area (Å²) in [5, 5.41) is 4.51. The molecule has 144 valence electrons. The van der Waals surface area contributed by atoms with E-state index < -0.39 is 0 Å². The van der Waals surface area contributed by atoms with Crippen molar-refractivity contribution in [2.75, 3.05) is 13.1 Å². The van der Waals surface area contributed by atoms with E-state index in [1.807, 2.05) is 47.4 Å². The molecule has 2 aromatic carbocycles. The van der Waals surface area contributed by atoms with Crippen LogP contribution in [0.1, 0.15) is 29.0 Å². The number of piperidine rings is 1. The van der Waals surface area contributed by atoms with Crippen molar-refractivity contribution in [3.8, 4) is 17.2 Å². The molecule has 3 aromatic rings.